The lowest BCUT2D eigenvalue weighted by Gasteiger charge is -2.26. The number of hydrogen-bond donors (Lipinski definition) is 3. The van der Waals surface area contributed by atoms with Crippen molar-refractivity contribution in [1.29, 1.82) is 5.41 Å². The van der Waals surface area contributed by atoms with Gasteiger partial charge in [-0.05, 0) is 80.6 Å². The van der Waals surface area contributed by atoms with Gasteiger partial charge in [0.1, 0.15) is 0 Å². The zero-order chi connectivity index (χ0) is 21.3. The van der Waals surface area contributed by atoms with E-state index < -0.39 is 0 Å². The fraction of sp³-hybridized carbons (Fsp3) is 0.385. The summed E-state index contributed by atoms with van der Waals surface area (Å²) in [6, 6.07) is 11.2. The summed E-state index contributed by atoms with van der Waals surface area (Å²) in [4.78, 5) is 6.82. The molecule has 3 N–H and O–H groups in total. The van der Waals surface area contributed by atoms with Gasteiger partial charge in [0.15, 0.2) is 0 Å². The van der Waals surface area contributed by atoms with Crippen LogP contribution < -0.4 is 10.6 Å². The largest absolute Gasteiger partial charge is 0.388 e. The Morgan fingerprint density at radius 2 is 1.87 bits per heavy atom. The van der Waals surface area contributed by atoms with Gasteiger partial charge in [0.25, 0.3) is 0 Å². The topological polar surface area (TPSA) is 64.0 Å². The summed E-state index contributed by atoms with van der Waals surface area (Å²) in [5, 5.41) is 14.6. The predicted molar refractivity (Wildman–Crippen MR) is 130 cm³/mol. The first-order chi connectivity index (χ1) is 15.3. The van der Waals surface area contributed by atoms with E-state index >= 15 is 0 Å². The molecule has 1 saturated carbocycles. The van der Waals surface area contributed by atoms with Crippen LogP contribution in [0.5, 0.6) is 0 Å². The molecule has 0 amide bonds. The predicted octanol–water partition coefficient (Wildman–Crippen LogP) is 5.28. The van der Waals surface area contributed by atoms with Crippen LogP contribution in [0.3, 0.4) is 0 Å². The van der Waals surface area contributed by atoms with Crippen LogP contribution in [-0.4, -0.2) is 35.2 Å². The summed E-state index contributed by atoms with van der Waals surface area (Å²) in [5.41, 5.74) is 5.30. The van der Waals surface area contributed by atoms with Crippen LogP contribution in [-0.2, 0) is 6.54 Å². The molecule has 2 fully saturated rings. The van der Waals surface area contributed by atoms with Gasteiger partial charge >= 0.3 is 0 Å². The highest BCUT2D eigenvalue weighted by Crippen LogP contribution is 2.21. The van der Waals surface area contributed by atoms with Crippen molar-refractivity contribution in [2.45, 2.75) is 51.1 Å². The van der Waals surface area contributed by atoms with Crippen molar-refractivity contribution in [3.8, 4) is 0 Å². The van der Waals surface area contributed by atoms with Gasteiger partial charge in [-0.15, -0.1) is 0 Å². The number of aromatic nitrogens is 1. The number of anilines is 1. The average Bonchev–Trinajstić information content (AvgIpc) is 2.78. The van der Waals surface area contributed by atoms with Crippen LogP contribution in [0, 0.1) is 5.41 Å². The third-order valence-corrected chi connectivity index (χ3v) is 6.22. The second-order valence-corrected chi connectivity index (χ2v) is 8.51. The van der Waals surface area contributed by atoms with Crippen molar-refractivity contribution in [1.82, 2.24) is 15.2 Å². The summed E-state index contributed by atoms with van der Waals surface area (Å²) in [5.74, 6) is 0. The number of nitrogens with zero attached hydrogens (tertiary/aromatic N) is 2. The minimum atomic E-state index is 0.551. The molecule has 0 bridgehead atoms. The summed E-state index contributed by atoms with van der Waals surface area (Å²) < 4.78 is 0. The summed E-state index contributed by atoms with van der Waals surface area (Å²) >= 11 is 0. The van der Waals surface area contributed by atoms with Gasteiger partial charge in [-0.2, -0.15) is 0 Å². The standard InChI is InChI=1S/C26H33N5/c27-17-23(19-30-24-5-4-6-24)26-12-13-28-18-22(26)11-14-29-25-9-7-21(8-10-25)20-31-15-2-1-3-16-31/h7-14,17-19,24,27,29-30H,1-6,15-16,20H2/b14-11+,23-19+,27-17?. The van der Waals surface area contributed by atoms with Gasteiger partial charge in [-0.1, -0.05) is 18.6 Å². The van der Waals surface area contributed by atoms with Crippen molar-refractivity contribution >= 4 is 23.6 Å². The van der Waals surface area contributed by atoms with Crippen molar-refractivity contribution in [3.63, 3.8) is 0 Å². The number of benzene rings is 1. The maximum absolute atomic E-state index is 7.84. The molecule has 0 spiro atoms. The highest BCUT2D eigenvalue weighted by atomic mass is 15.1. The molecule has 1 saturated heterocycles. The normalized spacial score (nSPS) is 18.0. The molecule has 1 aliphatic carbocycles. The monoisotopic (exact) mass is 415 g/mol. The SMILES string of the molecule is N=C/C(=C\NC1CCC1)c1ccncc1/C=C/Nc1ccc(CN2CCCCC2)cc1. The van der Waals surface area contributed by atoms with Gasteiger partial charge in [0.05, 0.1) is 0 Å². The summed E-state index contributed by atoms with van der Waals surface area (Å²) in [7, 11) is 0. The van der Waals surface area contributed by atoms with Crippen LogP contribution in [0.1, 0.15) is 55.2 Å². The summed E-state index contributed by atoms with van der Waals surface area (Å²) in [6.07, 6.45) is 18.7. The Morgan fingerprint density at radius 3 is 2.58 bits per heavy atom. The van der Waals surface area contributed by atoms with E-state index in [0.29, 0.717) is 6.04 Å². The van der Waals surface area contributed by atoms with E-state index in [1.165, 1.54) is 63.4 Å². The lowest BCUT2D eigenvalue weighted by molar-refractivity contribution is 0.221. The molecule has 2 aromatic rings. The molecule has 5 nitrogen and oxygen atoms in total. The third kappa shape index (κ3) is 6.05. The highest BCUT2D eigenvalue weighted by Gasteiger charge is 2.15. The zero-order valence-electron chi connectivity index (χ0n) is 18.2. The fourth-order valence-corrected chi connectivity index (χ4v) is 4.09. The van der Waals surface area contributed by atoms with E-state index in [0.717, 1.165) is 28.9 Å². The quantitative estimate of drug-likeness (QED) is 0.487. The van der Waals surface area contributed by atoms with Crippen LogP contribution >= 0.6 is 0 Å². The zero-order valence-corrected chi connectivity index (χ0v) is 18.2. The van der Waals surface area contributed by atoms with Gasteiger partial charge in [-0.25, -0.2) is 0 Å². The number of hydrogen-bond acceptors (Lipinski definition) is 5. The molecule has 0 unspecified atom stereocenters. The van der Waals surface area contributed by atoms with Gasteiger partial charge < -0.3 is 16.0 Å². The fourth-order valence-electron chi connectivity index (χ4n) is 4.09. The second-order valence-electron chi connectivity index (χ2n) is 8.51. The van der Waals surface area contributed by atoms with Crippen LogP contribution in [0.25, 0.3) is 11.6 Å². The molecular weight excluding hydrogens is 382 g/mol. The first kappa shape index (κ1) is 21.3. The number of piperidine rings is 1. The molecule has 5 heteroatoms. The van der Waals surface area contributed by atoms with Crippen molar-refractivity contribution in [2.75, 3.05) is 18.4 Å². The Kier molecular flexibility index (Phi) is 7.51. The molecule has 1 aliphatic heterocycles. The first-order valence-electron chi connectivity index (χ1n) is 11.5. The molecule has 0 atom stereocenters. The van der Waals surface area contributed by atoms with E-state index in [1.807, 2.05) is 30.7 Å². The minimum Gasteiger partial charge on any atom is -0.388 e. The van der Waals surface area contributed by atoms with Crippen LogP contribution in [0.4, 0.5) is 5.69 Å². The molecular formula is C26H33N5. The van der Waals surface area contributed by atoms with E-state index in [9.17, 15) is 0 Å². The Hall–Kier alpha value is -2.92. The Labute approximate surface area is 185 Å². The number of pyridine rings is 1. The molecule has 31 heavy (non-hydrogen) atoms. The van der Waals surface area contributed by atoms with Crippen LogP contribution in [0.2, 0.25) is 0 Å². The number of allylic oxidation sites excluding steroid dienone is 1. The lowest BCUT2D eigenvalue weighted by Crippen LogP contribution is -2.31. The number of nitrogens with one attached hydrogen (secondary N) is 3. The Bertz CT molecular complexity index is 906. The molecule has 2 aliphatic rings. The van der Waals surface area contributed by atoms with E-state index in [1.54, 1.807) is 6.20 Å². The smallest absolute Gasteiger partial charge is 0.0379 e. The first-order valence-corrected chi connectivity index (χ1v) is 11.5. The Balaban J connectivity index is 1.36. The Morgan fingerprint density at radius 1 is 1.06 bits per heavy atom. The highest BCUT2D eigenvalue weighted by molar-refractivity contribution is 6.09. The second kappa shape index (κ2) is 10.9. The molecule has 1 aromatic heterocycles. The third-order valence-electron chi connectivity index (χ3n) is 6.22. The number of rotatable bonds is 9. The molecule has 162 valence electrons. The van der Waals surface area contributed by atoms with Gasteiger partial charge in [0, 0.05) is 60.4 Å². The average molecular weight is 416 g/mol. The van der Waals surface area contributed by atoms with Gasteiger partial charge in [0.2, 0.25) is 0 Å². The minimum absolute atomic E-state index is 0.551. The van der Waals surface area contributed by atoms with Crippen molar-refractivity contribution in [3.05, 3.63) is 71.8 Å². The van der Waals surface area contributed by atoms with E-state index in [-0.39, 0.29) is 0 Å². The molecule has 1 aromatic carbocycles. The maximum Gasteiger partial charge on any atom is 0.0379 e. The maximum atomic E-state index is 7.84. The summed E-state index contributed by atoms with van der Waals surface area (Å²) in [6.45, 7) is 3.49. The van der Waals surface area contributed by atoms with E-state index in [2.05, 4.69) is 44.8 Å². The van der Waals surface area contributed by atoms with Crippen LogP contribution in [0.15, 0.2) is 55.1 Å². The van der Waals surface area contributed by atoms with E-state index in [4.69, 9.17) is 5.41 Å². The number of likely N-dealkylation sites (tertiary alicyclic amines) is 1. The molecule has 4 rings (SSSR count). The lowest BCUT2D eigenvalue weighted by atomic mass is 9.93. The molecule has 0 radical (unpaired) electrons. The van der Waals surface area contributed by atoms with Crippen molar-refractivity contribution in [2.24, 2.45) is 0 Å². The van der Waals surface area contributed by atoms with Crippen molar-refractivity contribution < 1.29 is 0 Å². The molecule has 2 heterocycles. The van der Waals surface area contributed by atoms with Gasteiger partial charge in [-0.3, -0.25) is 9.88 Å².